The van der Waals surface area contributed by atoms with Crippen LogP contribution in [0.1, 0.15) is 22.8 Å². The van der Waals surface area contributed by atoms with Crippen molar-refractivity contribution < 1.29 is 14.0 Å². The van der Waals surface area contributed by atoms with Crippen molar-refractivity contribution >= 4 is 23.5 Å². The lowest BCUT2D eigenvalue weighted by atomic mass is 10.1. The number of halogens is 1. The number of anilines is 1. The fourth-order valence-electron chi connectivity index (χ4n) is 1.80. The first-order valence-corrected chi connectivity index (χ1v) is 6.40. The molecule has 0 unspecified atom stereocenters. The van der Waals surface area contributed by atoms with E-state index in [4.69, 9.17) is 0 Å². The zero-order valence-corrected chi connectivity index (χ0v) is 11.5. The molecule has 2 rings (SSSR count). The van der Waals surface area contributed by atoms with Gasteiger partial charge in [-0.05, 0) is 35.9 Å². The summed E-state index contributed by atoms with van der Waals surface area (Å²) in [5.41, 5.74) is 1.78. The van der Waals surface area contributed by atoms with Crippen molar-refractivity contribution in [2.45, 2.75) is 6.92 Å². The molecule has 1 amide bonds. The molecule has 0 aliphatic heterocycles. The fraction of sp³-hybridized carbons (Fsp3) is 0.0588. The van der Waals surface area contributed by atoms with Gasteiger partial charge in [0.15, 0.2) is 5.78 Å². The molecular formula is C17H14FNO2. The Hall–Kier alpha value is -2.75. The van der Waals surface area contributed by atoms with E-state index in [0.717, 1.165) is 5.56 Å². The largest absolute Gasteiger partial charge is 0.326 e. The highest BCUT2D eigenvalue weighted by molar-refractivity contribution is 6.07. The molecule has 1 N–H and O–H groups in total. The Morgan fingerprint density at radius 2 is 1.81 bits per heavy atom. The van der Waals surface area contributed by atoms with Crippen LogP contribution in [0.5, 0.6) is 0 Å². The first kappa shape index (κ1) is 14.7. The molecule has 0 radical (unpaired) electrons. The molecule has 21 heavy (non-hydrogen) atoms. The Kier molecular flexibility index (Phi) is 4.61. The molecule has 0 saturated carbocycles. The number of hydrogen-bond donors (Lipinski definition) is 1. The van der Waals surface area contributed by atoms with Gasteiger partial charge < -0.3 is 5.32 Å². The maximum Gasteiger partial charge on any atom is 0.221 e. The van der Waals surface area contributed by atoms with Crippen molar-refractivity contribution in [3.8, 4) is 0 Å². The van der Waals surface area contributed by atoms with Crippen molar-refractivity contribution in [2.24, 2.45) is 0 Å². The molecule has 2 aromatic carbocycles. The Morgan fingerprint density at radius 3 is 2.48 bits per heavy atom. The van der Waals surface area contributed by atoms with Crippen molar-refractivity contribution in [3.05, 3.63) is 71.6 Å². The minimum absolute atomic E-state index is 0.188. The standard InChI is InChI=1S/C17H14FNO2/c1-12(20)19-16-4-2-3-14(11-16)17(21)10-7-13-5-8-15(18)9-6-13/h2-11H,1H3,(H,19,20)/b10-7+. The smallest absolute Gasteiger partial charge is 0.221 e. The number of carbonyl (C=O) groups excluding carboxylic acids is 2. The fourth-order valence-corrected chi connectivity index (χ4v) is 1.80. The van der Waals surface area contributed by atoms with Gasteiger partial charge in [-0.25, -0.2) is 4.39 Å². The summed E-state index contributed by atoms with van der Waals surface area (Å²) >= 11 is 0. The second-order valence-electron chi connectivity index (χ2n) is 4.51. The molecule has 0 atom stereocenters. The van der Waals surface area contributed by atoms with E-state index < -0.39 is 0 Å². The highest BCUT2D eigenvalue weighted by Crippen LogP contribution is 2.12. The monoisotopic (exact) mass is 283 g/mol. The SMILES string of the molecule is CC(=O)Nc1cccc(C(=O)/C=C/c2ccc(F)cc2)c1. The van der Waals surface area contributed by atoms with Crippen molar-refractivity contribution in [3.63, 3.8) is 0 Å². The van der Waals surface area contributed by atoms with Gasteiger partial charge in [0.1, 0.15) is 5.82 Å². The van der Waals surface area contributed by atoms with E-state index in [1.165, 1.54) is 25.1 Å². The van der Waals surface area contributed by atoms with Crippen LogP contribution in [-0.2, 0) is 4.79 Å². The molecule has 0 fully saturated rings. The van der Waals surface area contributed by atoms with Gasteiger partial charge in [-0.1, -0.05) is 30.3 Å². The Morgan fingerprint density at radius 1 is 1.10 bits per heavy atom. The summed E-state index contributed by atoms with van der Waals surface area (Å²) in [5, 5.41) is 2.62. The van der Waals surface area contributed by atoms with E-state index in [-0.39, 0.29) is 17.5 Å². The minimum Gasteiger partial charge on any atom is -0.326 e. The topological polar surface area (TPSA) is 46.2 Å². The number of carbonyl (C=O) groups is 2. The maximum absolute atomic E-state index is 12.8. The summed E-state index contributed by atoms with van der Waals surface area (Å²) < 4.78 is 12.8. The van der Waals surface area contributed by atoms with E-state index in [1.54, 1.807) is 42.5 Å². The Labute approximate surface area is 122 Å². The van der Waals surface area contributed by atoms with Gasteiger partial charge >= 0.3 is 0 Å². The molecule has 0 saturated heterocycles. The third-order valence-electron chi connectivity index (χ3n) is 2.76. The van der Waals surface area contributed by atoms with Crippen LogP contribution in [0, 0.1) is 5.82 Å². The average molecular weight is 283 g/mol. The van der Waals surface area contributed by atoms with Gasteiger partial charge in [-0.15, -0.1) is 0 Å². The summed E-state index contributed by atoms with van der Waals surface area (Å²) in [4.78, 5) is 23.0. The summed E-state index contributed by atoms with van der Waals surface area (Å²) in [6.45, 7) is 1.41. The summed E-state index contributed by atoms with van der Waals surface area (Å²) in [6, 6.07) is 12.5. The maximum atomic E-state index is 12.8. The molecule has 0 bridgehead atoms. The van der Waals surface area contributed by atoms with Crippen LogP contribution in [0.4, 0.5) is 10.1 Å². The van der Waals surface area contributed by atoms with Crippen LogP contribution in [0.25, 0.3) is 6.08 Å². The number of nitrogens with one attached hydrogen (secondary N) is 1. The number of amides is 1. The number of benzene rings is 2. The zero-order valence-electron chi connectivity index (χ0n) is 11.5. The van der Waals surface area contributed by atoms with Crippen LogP contribution >= 0.6 is 0 Å². The molecule has 0 spiro atoms. The van der Waals surface area contributed by atoms with Crippen molar-refractivity contribution in [1.82, 2.24) is 0 Å². The van der Waals surface area contributed by atoms with Gasteiger partial charge in [0.05, 0.1) is 0 Å². The van der Waals surface area contributed by atoms with E-state index in [2.05, 4.69) is 5.32 Å². The first-order chi connectivity index (χ1) is 10.0. The summed E-state index contributed by atoms with van der Waals surface area (Å²) in [6.07, 6.45) is 3.03. The molecule has 3 nitrogen and oxygen atoms in total. The molecule has 4 heteroatoms. The summed E-state index contributed by atoms with van der Waals surface area (Å²) in [5.74, 6) is -0.700. The number of allylic oxidation sites excluding steroid dienone is 1. The molecule has 2 aromatic rings. The van der Waals surface area contributed by atoms with E-state index in [0.29, 0.717) is 11.3 Å². The van der Waals surface area contributed by atoms with Crippen LogP contribution in [-0.4, -0.2) is 11.7 Å². The van der Waals surface area contributed by atoms with Gasteiger partial charge in [0.25, 0.3) is 0 Å². The van der Waals surface area contributed by atoms with Crippen LogP contribution in [0.15, 0.2) is 54.6 Å². The van der Waals surface area contributed by atoms with E-state index in [1.807, 2.05) is 0 Å². The third-order valence-corrected chi connectivity index (χ3v) is 2.76. The summed E-state index contributed by atoms with van der Waals surface area (Å²) in [7, 11) is 0. The second-order valence-corrected chi connectivity index (χ2v) is 4.51. The number of ketones is 1. The predicted octanol–water partition coefficient (Wildman–Crippen LogP) is 3.68. The van der Waals surface area contributed by atoms with Crippen molar-refractivity contribution in [2.75, 3.05) is 5.32 Å². The Balaban J connectivity index is 2.12. The Bertz CT molecular complexity index is 690. The van der Waals surface area contributed by atoms with Gasteiger partial charge in [0.2, 0.25) is 5.91 Å². The lowest BCUT2D eigenvalue weighted by molar-refractivity contribution is -0.114. The predicted molar refractivity (Wildman–Crippen MR) is 80.5 cm³/mol. The molecule has 0 aliphatic rings. The molecule has 106 valence electrons. The molecule has 0 aromatic heterocycles. The van der Waals surface area contributed by atoms with E-state index >= 15 is 0 Å². The molecule has 0 heterocycles. The van der Waals surface area contributed by atoms with Gasteiger partial charge in [-0.2, -0.15) is 0 Å². The second kappa shape index (κ2) is 6.61. The number of hydrogen-bond acceptors (Lipinski definition) is 2. The van der Waals surface area contributed by atoms with Crippen LogP contribution in [0.2, 0.25) is 0 Å². The van der Waals surface area contributed by atoms with Crippen molar-refractivity contribution in [1.29, 1.82) is 0 Å². The molecule has 0 aliphatic carbocycles. The van der Waals surface area contributed by atoms with Gasteiger partial charge in [0, 0.05) is 18.2 Å². The third kappa shape index (κ3) is 4.38. The molecular weight excluding hydrogens is 269 g/mol. The first-order valence-electron chi connectivity index (χ1n) is 6.40. The lowest BCUT2D eigenvalue weighted by Crippen LogP contribution is -2.06. The van der Waals surface area contributed by atoms with Crippen LogP contribution < -0.4 is 5.32 Å². The average Bonchev–Trinajstić information content (AvgIpc) is 2.46. The lowest BCUT2D eigenvalue weighted by Gasteiger charge is -2.03. The zero-order chi connectivity index (χ0) is 15.2. The minimum atomic E-state index is -0.318. The van der Waals surface area contributed by atoms with Crippen LogP contribution in [0.3, 0.4) is 0 Å². The number of rotatable bonds is 4. The normalized spacial score (nSPS) is 10.6. The highest BCUT2D eigenvalue weighted by atomic mass is 19.1. The highest BCUT2D eigenvalue weighted by Gasteiger charge is 2.03. The van der Waals surface area contributed by atoms with E-state index in [9.17, 15) is 14.0 Å². The van der Waals surface area contributed by atoms with Gasteiger partial charge in [-0.3, -0.25) is 9.59 Å². The quantitative estimate of drug-likeness (QED) is 0.687.